The van der Waals surface area contributed by atoms with Crippen molar-refractivity contribution in [2.45, 2.75) is 18.2 Å². The maximum atomic E-state index is 14.3. The molecule has 10 heteroatoms. The Bertz CT molecular complexity index is 780. The Morgan fingerprint density at radius 3 is 2.93 bits per heavy atom. The van der Waals surface area contributed by atoms with E-state index in [2.05, 4.69) is 20.4 Å². The average Bonchev–Trinajstić information content (AvgIpc) is 2.97. The molecule has 2 fully saturated rings. The van der Waals surface area contributed by atoms with Gasteiger partial charge in [0, 0.05) is 25.2 Å². The first-order valence-corrected chi connectivity index (χ1v) is 9.28. The molecule has 1 unspecified atom stereocenters. The minimum absolute atomic E-state index is 0.229. The zero-order chi connectivity index (χ0) is 19.2. The number of nitrogens with one attached hydrogen (secondary N) is 1. The molecule has 144 valence electrons. The molecule has 1 atom stereocenters. The zero-order valence-corrected chi connectivity index (χ0v) is 15.2. The SMILES string of the molecule is O=C(O)CC1SC(=NN=Cc2ccc(CN3CCOCC3)c(F)c2)NC1=O. The Balaban J connectivity index is 1.58. The fraction of sp³-hybridized carbons (Fsp3) is 0.412. The topological polar surface area (TPSA) is 104 Å². The summed E-state index contributed by atoms with van der Waals surface area (Å²) in [5, 5.41) is 18.4. The molecule has 8 nitrogen and oxygen atoms in total. The third-order valence-corrected chi connectivity index (χ3v) is 5.14. The van der Waals surface area contributed by atoms with Gasteiger partial charge < -0.3 is 15.2 Å². The van der Waals surface area contributed by atoms with Crippen LogP contribution in [0.25, 0.3) is 0 Å². The smallest absolute Gasteiger partial charge is 0.305 e. The summed E-state index contributed by atoms with van der Waals surface area (Å²) in [4.78, 5) is 24.4. The molecule has 1 amide bonds. The van der Waals surface area contributed by atoms with Crippen LogP contribution in [0.2, 0.25) is 0 Å². The molecule has 2 aliphatic rings. The van der Waals surface area contributed by atoms with Gasteiger partial charge in [-0.15, -0.1) is 5.10 Å². The highest BCUT2D eigenvalue weighted by Gasteiger charge is 2.32. The van der Waals surface area contributed by atoms with Crippen molar-refractivity contribution in [1.82, 2.24) is 10.2 Å². The van der Waals surface area contributed by atoms with Crippen molar-refractivity contribution in [2.75, 3.05) is 26.3 Å². The monoisotopic (exact) mass is 394 g/mol. The number of benzene rings is 1. The van der Waals surface area contributed by atoms with E-state index >= 15 is 0 Å². The molecular weight excluding hydrogens is 375 g/mol. The largest absolute Gasteiger partial charge is 0.481 e. The second-order valence-electron chi connectivity index (χ2n) is 6.08. The normalized spacial score (nSPS) is 22.5. The van der Waals surface area contributed by atoms with Gasteiger partial charge in [-0.2, -0.15) is 5.10 Å². The van der Waals surface area contributed by atoms with E-state index in [1.165, 1.54) is 12.3 Å². The van der Waals surface area contributed by atoms with E-state index in [4.69, 9.17) is 9.84 Å². The number of carbonyl (C=O) groups is 2. The van der Waals surface area contributed by atoms with E-state index in [-0.39, 0.29) is 17.4 Å². The number of hydrogen-bond donors (Lipinski definition) is 2. The third kappa shape index (κ3) is 5.59. The molecule has 1 aromatic rings. The van der Waals surface area contributed by atoms with Gasteiger partial charge in [-0.25, -0.2) is 4.39 Å². The summed E-state index contributed by atoms with van der Waals surface area (Å²) in [6, 6.07) is 4.84. The quantitative estimate of drug-likeness (QED) is 0.552. The second kappa shape index (κ2) is 9.07. The van der Waals surface area contributed by atoms with Crippen molar-refractivity contribution in [2.24, 2.45) is 10.2 Å². The van der Waals surface area contributed by atoms with E-state index < -0.39 is 17.1 Å². The Kier molecular flexibility index (Phi) is 6.54. The van der Waals surface area contributed by atoms with Crippen LogP contribution in [-0.2, 0) is 20.9 Å². The Morgan fingerprint density at radius 1 is 1.44 bits per heavy atom. The standard InChI is InChI=1S/C17H19FN4O4S/c18-13-7-11(1-2-12(13)10-22-3-5-26-6-4-22)9-19-21-17-20-16(25)14(27-17)8-15(23)24/h1-2,7,9,14H,3-6,8,10H2,(H,23,24)(H,20,21,25). The van der Waals surface area contributed by atoms with Crippen molar-refractivity contribution in [3.8, 4) is 0 Å². The van der Waals surface area contributed by atoms with E-state index in [1.54, 1.807) is 12.1 Å². The first-order chi connectivity index (χ1) is 13.0. The number of rotatable bonds is 6. The molecule has 0 spiro atoms. The number of halogens is 1. The molecule has 0 bridgehead atoms. The predicted molar refractivity (Wildman–Crippen MR) is 99.3 cm³/mol. The van der Waals surface area contributed by atoms with Crippen LogP contribution >= 0.6 is 11.8 Å². The molecule has 2 saturated heterocycles. The van der Waals surface area contributed by atoms with Gasteiger partial charge in [-0.05, 0) is 11.6 Å². The summed E-state index contributed by atoms with van der Waals surface area (Å²) in [7, 11) is 0. The molecule has 0 aromatic heterocycles. The Labute approximate surface area is 159 Å². The maximum Gasteiger partial charge on any atom is 0.305 e. The highest BCUT2D eigenvalue weighted by Crippen LogP contribution is 2.22. The molecule has 3 rings (SSSR count). The molecule has 27 heavy (non-hydrogen) atoms. The number of morpholine rings is 1. The number of hydrogen-bond acceptors (Lipinski definition) is 7. The summed E-state index contributed by atoms with van der Waals surface area (Å²) in [6.45, 7) is 3.42. The number of carboxylic acid groups (broad SMARTS) is 1. The molecule has 0 aliphatic carbocycles. The lowest BCUT2D eigenvalue weighted by Crippen LogP contribution is -2.35. The van der Waals surface area contributed by atoms with Crippen molar-refractivity contribution in [1.29, 1.82) is 0 Å². The zero-order valence-electron chi connectivity index (χ0n) is 14.4. The highest BCUT2D eigenvalue weighted by molar-refractivity contribution is 8.15. The van der Waals surface area contributed by atoms with Crippen LogP contribution in [0.15, 0.2) is 28.4 Å². The summed E-state index contributed by atoms with van der Waals surface area (Å²) >= 11 is 1.01. The van der Waals surface area contributed by atoms with Crippen LogP contribution in [0.4, 0.5) is 4.39 Å². The van der Waals surface area contributed by atoms with Crippen LogP contribution in [0, 0.1) is 5.82 Å². The van der Waals surface area contributed by atoms with Gasteiger partial charge in [0.1, 0.15) is 11.1 Å². The molecule has 0 saturated carbocycles. The lowest BCUT2D eigenvalue weighted by molar-refractivity contribution is -0.138. The lowest BCUT2D eigenvalue weighted by Gasteiger charge is -2.26. The van der Waals surface area contributed by atoms with Crippen molar-refractivity contribution in [3.05, 3.63) is 35.1 Å². The van der Waals surface area contributed by atoms with E-state index in [0.717, 1.165) is 24.9 Å². The first kappa shape index (κ1) is 19.5. The van der Waals surface area contributed by atoms with Crippen molar-refractivity contribution < 1.29 is 23.8 Å². The summed E-state index contributed by atoms with van der Waals surface area (Å²) in [6.07, 6.45) is 1.10. The number of aliphatic carboxylic acids is 1. The minimum Gasteiger partial charge on any atom is -0.481 e. The molecule has 1 aromatic carbocycles. The molecule has 2 N–H and O–H groups in total. The Morgan fingerprint density at radius 2 is 2.22 bits per heavy atom. The van der Waals surface area contributed by atoms with Crippen LogP contribution in [0.5, 0.6) is 0 Å². The minimum atomic E-state index is -1.06. The highest BCUT2D eigenvalue weighted by atomic mass is 32.2. The van der Waals surface area contributed by atoms with Gasteiger partial charge >= 0.3 is 5.97 Å². The molecule has 0 radical (unpaired) electrons. The Hall–Kier alpha value is -2.30. The second-order valence-corrected chi connectivity index (χ2v) is 7.27. The van der Waals surface area contributed by atoms with Crippen LogP contribution in [-0.4, -0.2) is 64.8 Å². The number of thioether (sulfide) groups is 1. The number of nitrogens with zero attached hydrogens (tertiary/aromatic N) is 3. The lowest BCUT2D eigenvalue weighted by atomic mass is 10.1. The van der Waals surface area contributed by atoms with E-state index in [1.807, 2.05) is 0 Å². The van der Waals surface area contributed by atoms with Crippen molar-refractivity contribution >= 4 is 35.0 Å². The summed E-state index contributed by atoms with van der Waals surface area (Å²) in [5.74, 6) is -1.78. The number of carboxylic acids is 1. The van der Waals surface area contributed by atoms with Gasteiger partial charge in [-0.1, -0.05) is 23.9 Å². The predicted octanol–water partition coefficient (Wildman–Crippen LogP) is 1.05. The summed E-state index contributed by atoms with van der Waals surface area (Å²) in [5.41, 5.74) is 1.15. The first-order valence-electron chi connectivity index (χ1n) is 8.40. The van der Waals surface area contributed by atoms with Gasteiger partial charge in [0.15, 0.2) is 5.17 Å². The van der Waals surface area contributed by atoms with E-state index in [9.17, 15) is 14.0 Å². The van der Waals surface area contributed by atoms with Crippen molar-refractivity contribution in [3.63, 3.8) is 0 Å². The van der Waals surface area contributed by atoms with Gasteiger partial charge in [0.2, 0.25) is 5.91 Å². The molecule has 2 aliphatic heterocycles. The fourth-order valence-electron chi connectivity index (χ4n) is 2.67. The third-order valence-electron chi connectivity index (χ3n) is 4.07. The maximum absolute atomic E-state index is 14.3. The van der Waals surface area contributed by atoms with Crippen LogP contribution < -0.4 is 5.32 Å². The van der Waals surface area contributed by atoms with Gasteiger partial charge in [0.05, 0.1) is 25.8 Å². The van der Waals surface area contributed by atoms with E-state index in [0.29, 0.717) is 30.9 Å². The number of amides is 1. The number of ether oxygens (including phenoxy) is 1. The molecular formula is C17H19FN4O4S. The molecule has 2 heterocycles. The van der Waals surface area contributed by atoms with Crippen LogP contribution in [0.1, 0.15) is 17.5 Å². The number of carbonyl (C=O) groups excluding carboxylic acids is 1. The number of amidine groups is 1. The summed E-state index contributed by atoms with van der Waals surface area (Å²) < 4.78 is 19.6. The van der Waals surface area contributed by atoms with Gasteiger partial charge in [0.25, 0.3) is 0 Å². The fourth-order valence-corrected chi connectivity index (χ4v) is 3.58. The van der Waals surface area contributed by atoms with Gasteiger partial charge in [-0.3, -0.25) is 14.5 Å². The average molecular weight is 394 g/mol. The van der Waals surface area contributed by atoms with Crippen LogP contribution in [0.3, 0.4) is 0 Å².